The number of rotatable bonds is 2. The molecule has 0 atom stereocenters. The number of nitrogens with one attached hydrogen (secondary N) is 1. The summed E-state index contributed by atoms with van der Waals surface area (Å²) in [6.07, 6.45) is 9.05. The fourth-order valence-corrected chi connectivity index (χ4v) is 3.73. The Labute approximate surface area is 154 Å². The molecule has 1 aliphatic heterocycles. The monoisotopic (exact) mass is 336 g/mol. The van der Waals surface area contributed by atoms with Crippen LogP contribution in [-0.4, -0.2) is 0 Å². The van der Waals surface area contributed by atoms with Crippen LogP contribution in [0.15, 0.2) is 96.7 Å². The fourth-order valence-electron chi connectivity index (χ4n) is 3.73. The molecule has 0 saturated carbocycles. The molecule has 0 fully saturated rings. The Bertz CT molecular complexity index is 1020. The lowest BCUT2D eigenvalue weighted by Gasteiger charge is -2.35. The smallest absolute Gasteiger partial charge is 0.0703 e. The molecule has 0 spiro atoms. The number of nitrogens with zero attached hydrogens (tertiary/aromatic N) is 1. The highest BCUT2D eigenvalue weighted by molar-refractivity contribution is 5.95. The van der Waals surface area contributed by atoms with Gasteiger partial charge in [0.05, 0.1) is 22.7 Å². The first-order chi connectivity index (χ1) is 12.9. The zero-order valence-electron chi connectivity index (χ0n) is 14.5. The normalized spacial score (nSPS) is 14.9. The maximum Gasteiger partial charge on any atom is 0.0703 e. The first kappa shape index (κ1) is 15.0. The van der Waals surface area contributed by atoms with Crippen LogP contribution >= 0.6 is 0 Å². The van der Waals surface area contributed by atoms with Gasteiger partial charge in [-0.15, -0.1) is 0 Å². The zero-order valence-corrected chi connectivity index (χ0v) is 14.5. The quantitative estimate of drug-likeness (QED) is 0.554. The van der Waals surface area contributed by atoms with Crippen molar-refractivity contribution in [2.75, 3.05) is 10.2 Å². The van der Waals surface area contributed by atoms with E-state index in [1.807, 2.05) is 0 Å². The predicted octanol–water partition coefficient (Wildman–Crippen LogP) is 6.78. The van der Waals surface area contributed by atoms with E-state index in [-0.39, 0.29) is 0 Å². The third-order valence-electron chi connectivity index (χ3n) is 4.99. The second kappa shape index (κ2) is 6.23. The fraction of sp³-hybridized carbons (Fsp3) is 0.0833. The molecule has 3 aromatic rings. The van der Waals surface area contributed by atoms with Crippen LogP contribution in [0.4, 0.5) is 22.7 Å². The van der Waals surface area contributed by atoms with Gasteiger partial charge in [-0.05, 0) is 54.3 Å². The molecule has 2 aliphatic rings. The summed E-state index contributed by atoms with van der Waals surface area (Å²) in [6, 6.07) is 25.7. The van der Waals surface area contributed by atoms with Crippen LogP contribution in [-0.2, 0) is 0 Å². The molecule has 126 valence electrons. The Hall–Kier alpha value is -3.26. The number of hydrogen-bond donors (Lipinski definition) is 1. The van der Waals surface area contributed by atoms with E-state index in [9.17, 15) is 0 Å². The molecule has 0 saturated heterocycles. The highest BCUT2D eigenvalue weighted by atomic mass is 15.2. The van der Waals surface area contributed by atoms with Crippen LogP contribution in [0.3, 0.4) is 0 Å². The standard InChI is InChI=1S/C24H20N2/c1-3-9-18(10-4-1)19-15-16-22-24(17-19)26(20-11-5-2-6-12-20)23-14-8-7-13-21(23)25-22/h1,3-5,7-17,25H,2,6H2. The minimum absolute atomic E-state index is 1.09. The van der Waals surface area contributed by atoms with Gasteiger partial charge in [0.1, 0.15) is 0 Å². The summed E-state index contributed by atoms with van der Waals surface area (Å²) < 4.78 is 0. The number of allylic oxidation sites excluding steroid dienone is 3. The Morgan fingerprint density at radius 3 is 2.35 bits per heavy atom. The van der Waals surface area contributed by atoms with Crippen LogP contribution in [0.5, 0.6) is 0 Å². The molecule has 2 heteroatoms. The summed E-state index contributed by atoms with van der Waals surface area (Å²) in [5.74, 6) is 0. The van der Waals surface area contributed by atoms with E-state index in [1.165, 1.54) is 28.2 Å². The van der Waals surface area contributed by atoms with Crippen LogP contribution in [0.2, 0.25) is 0 Å². The van der Waals surface area contributed by atoms with Gasteiger partial charge in [0, 0.05) is 5.70 Å². The Balaban J connectivity index is 1.69. The van der Waals surface area contributed by atoms with Crippen LogP contribution in [0.1, 0.15) is 12.8 Å². The second-order valence-corrected chi connectivity index (χ2v) is 6.68. The van der Waals surface area contributed by atoms with Crippen molar-refractivity contribution >= 4 is 22.7 Å². The SMILES string of the molecule is C1=CC(N2c3ccccc3Nc3ccc(-c4ccccc4)cc32)=CCC1. The van der Waals surface area contributed by atoms with Crippen molar-refractivity contribution in [2.24, 2.45) is 0 Å². The van der Waals surface area contributed by atoms with Crippen molar-refractivity contribution in [2.45, 2.75) is 12.8 Å². The van der Waals surface area contributed by atoms with Crippen LogP contribution in [0, 0.1) is 0 Å². The van der Waals surface area contributed by atoms with Crippen molar-refractivity contribution in [3.05, 3.63) is 96.7 Å². The first-order valence-corrected chi connectivity index (χ1v) is 9.12. The van der Waals surface area contributed by atoms with Gasteiger partial charge < -0.3 is 10.2 Å². The molecule has 0 unspecified atom stereocenters. The van der Waals surface area contributed by atoms with E-state index >= 15 is 0 Å². The summed E-state index contributed by atoms with van der Waals surface area (Å²) in [6.45, 7) is 0. The molecular weight excluding hydrogens is 316 g/mol. The molecule has 5 rings (SSSR count). The van der Waals surface area contributed by atoms with Gasteiger partial charge in [0.25, 0.3) is 0 Å². The number of benzene rings is 3. The maximum atomic E-state index is 3.60. The van der Waals surface area contributed by atoms with E-state index < -0.39 is 0 Å². The summed E-state index contributed by atoms with van der Waals surface area (Å²) in [5, 5.41) is 3.60. The largest absolute Gasteiger partial charge is 0.352 e. The van der Waals surface area contributed by atoms with Crippen LogP contribution in [0.25, 0.3) is 11.1 Å². The van der Waals surface area contributed by atoms with Crippen molar-refractivity contribution < 1.29 is 0 Å². The molecule has 26 heavy (non-hydrogen) atoms. The lowest BCUT2D eigenvalue weighted by molar-refractivity contribution is 0.996. The molecule has 1 N–H and O–H groups in total. The summed E-state index contributed by atoms with van der Waals surface area (Å²) >= 11 is 0. The highest BCUT2D eigenvalue weighted by Crippen LogP contribution is 2.47. The third kappa shape index (κ3) is 2.51. The Kier molecular flexibility index (Phi) is 3.60. The van der Waals surface area contributed by atoms with Gasteiger partial charge in [-0.1, -0.05) is 60.7 Å². The van der Waals surface area contributed by atoms with Gasteiger partial charge in [0.15, 0.2) is 0 Å². The Morgan fingerprint density at radius 1 is 0.692 bits per heavy atom. The lowest BCUT2D eigenvalue weighted by Crippen LogP contribution is -2.22. The first-order valence-electron chi connectivity index (χ1n) is 9.12. The molecule has 0 bridgehead atoms. The van der Waals surface area contributed by atoms with Crippen molar-refractivity contribution in [1.82, 2.24) is 0 Å². The third-order valence-corrected chi connectivity index (χ3v) is 4.99. The minimum Gasteiger partial charge on any atom is -0.352 e. The second-order valence-electron chi connectivity index (χ2n) is 6.68. The van der Waals surface area contributed by atoms with Crippen molar-refractivity contribution in [3.8, 4) is 11.1 Å². The molecule has 1 heterocycles. The van der Waals surface area contributed by atoms with Crippen molar-refractivity contribution in [3.63, 3.8) is 0 Å². The number of hydrogen-bond acceptors (Lipinski definition) is 2. The predicted molar refractivity (Wildman–Crippen MR) is 110 cm³/mol. The van der Waals surface area contributed by atoms with Crippen molar-refractivity contribution in [1.29, 1.82) is 0 Å². The maximum absolute atomic E-state index is 3.60. The number of fused-ring (bicyclic) bond motifs is 2. The van der Waals surface area contributed by atoms with E-state index in [0.29, 0.717) is 0 Å². The summed E-state index contributed by atoms with van der Waals surface area (Å²) in [5.41, 5.74) is 8.40. The minimum atomic E-state index is 1.09. The van der Waals surface area contributed by atoms with E-state index in [0.717, 1.165) is 24.2 Å². The lowest BCUT2D eigenvalue weighted by atomic mass is 10.0. The average Bonchev–Trinajstić information content (AvgIpc) is 2.73. The van der Waals surface area contributed by atoms with Gasteiger partial charge >= 0.3 is 0 Å². The molecule has 3 aromatic carbocycles. The zero-order chi connectivity index (χ0) is 17.3. The average molecular weight is 336 g/mol. The Morgan fingerprint density at radius 2 is 1.50 bits per heavy atom. The molecular formula is C24H20N2. The van der Waals surface area contributed by atoms with Gasteiger partial charge in [-0.25, -0.2) is 0 Å². The van der Waals surface area contributed by atoms with E-state index in [4.69, 9.17) is 0 Å². The molecule has 2 nitrogen and oxygen atoms in total. The summed E-state index contributed by atoms with van der Waals surface area (Å²) in [4.78, 5) is 2.38. The molecule has 0 aromatic heterocycles. The number of para-hydroxylation sites is 2. The molecule has 1 aliphatic carbocycles. The van der Waals surface area contributed by atoms with E-state index in [1.54, 1.807) is 0 Å². The number of anilines is 4. The topological polar surface area (TPSA) is 15.3 Å². The van der Waals surface area contributed by atoms with Gasteiger partial charge in [0.2, 0.25) is 0 Å². The molecule has 0 radical (unpaired) electrons. The highest BCUT2D eigenvalue weighted by Gasteiger charge is 2.25. The summed E-state index contributed by atoms with van der Waals surface area (Å²) in [7, 11) is 0. The van der Waals surface area contributed by atoms with Crippen LogP contribution < -0.4 is 10.2 Å². The van der Waals surface area contributed by atoms with Gasteiger partial charge in [-0.3, -0.25) is 0 Å². The van der Waals surface area contributed by atoms with E-state index in [2.05, 4.69) is 101 Å². The molecule has 0 amide bonds. The van der Waals surface area contributed by atoms with Gasteiger partial charge in [-0.2, -0.15) is 0 Å².